The smallest absolute Gasteiger partial charge is 0.347 e. The minimum absolute atomic E-state index is 0.0658. The van der Waals surface area contributed by atoms with E-state index < -0.39 is 0 Å². The van der Waals surface area contributed by atoms with E-state index in [1.807, 2.05) is 42.5 Å². The van der Waals surface area contributed by atoms with Gasteiger partial charge in [-0.05, 0) is 37.1 Å². The van der Waals surface area contributed by atoms with Crippen LogP contribution >= 0.6 is 0 Å². The molecule has 3 aromatic rings. The Balaban J connectivity index is 1.57. The van der Waals surface area contributed by atoms with Gasteiger partial charge < -0.3 is 9.80 Å². The summed E-state index contributed by atoms with van der Waals surface area (Å²) in [6, 6.07) is 13.2. The molecule has 1 aliphatic rings. The van der Waals surface area contributed by atoms with Crippen molar-refractivity contribution in [2.24, 2.45) is 0 Å². The number of nitrogens with zero attached hydrogens (tertiary/aromatic N) is 5. The maximum Gasteiger partial charge on any atom is 0.347 e. The second kappa shape index (κ2) is 7.90. The summed E-state index contributed by atoms with van der Waals surface area (Å²) in [5, 5.41) is 6.93. The molecule has 0 bridgehead atoms. The van der Waals surface area contributed by atoms with Crippen LogP contribution in [0.15, 0.2) is 53.5 Å². The Hall–Kier alpha value is -3.42. The lowest BCUT2D eigenvalue weighted by Crippen LogP contribution is -2.36. The van der Waals surface area contributed by atoms with Gasteiger partial charge in [0.25, 0.3) is 5.91 Å². The van der Waals surface area contributed by atoms with Crippen LogP contribution in [0.2, 0.25) is 0 Å². The van der Waals surface area contributed by atoms with E-state index in [2.05, 4.69) is 20.1 Å². The van der Waals surface area contributed by atoms with Crippen LogP contribution in [0, 0.1) is 0 Å². The van der Waals surface area contributed by atoms with Crippen molar-refractivity contribution >= 4 is 11.7 Å². The fourth-order valence-electron chi connectivity index (χ4n) is 3.76. The first-order valence-corrected chi connectivity index (χ1v) is 9.70. The Labute approximate surface area is 168 Å². The second-order valence-corrected chi connectivity index (χ2v) is 7.45. The third-order valence-electron chi connectivity index (χ3n) is 5.22. The van der Waals surface area contributed by atoms with Crippen molar-refractivity contribution in [2.45, 2.75) is 18.8 Å². The molecule has 0 spiro atoms. The van der Waals surface area contributed by atoms with Crippen LogP contribution in [0.4, 0.5) is 5.82 Å². The molecular formula is C21H24N6O2. The van der Waals surface area contributed by atoms with Crippen LogP contribution in [-0.4, -0.2) is 57.7 Å². The molecule has 2 aromatic heterocycles. The molecule has 4 rings (SSSR count). The Bertz CT molecular complexity index is 1040. The van der Waals surface area contributed by atoms with Crippen LogP contribution in [0.3, 0.4) is 0 Å². The van der Waals surface area contributed by atoms with Crippen LogP contribution in [-0.2, 0) is 0 Å². The van der Waals surface area contributed by atoms with Crippen LogP contribution in [0.25, 0.3) is 5.69 Å². The number of H-pyrrole nitrogens is 1. The number of carbonyl (C=O) groups is 1. The van der Waals surface area contributed by atoms with Crippen molar-refractivity contribution in [1.82, 2.24) is 24.6 Å². The van der Waals surface area contributed by atoms with Gasteiger partial charge >= 0.3 is 5.69 Å². The van der Waals surface area contributed by atoms with Crippen molar-refractivity contribution in [3.8, 4) is 5.69 Å². The number of anilines is 1. The molecule has 1 amide bonds. The molecule has 1 fully saturated rings. The normalized spacial score (nSPS) is 16.6. The number of amides is 1. The van der Waals surface area contributed by atoms with E-state index in [1.165, 1.54) is 4.90 Å². The summed E-state index contributed by atoms with van der Waals surface area (Å²) in [5.41, 5.74) is 1.15. The summed E-state index contributed by atoms with van der Waals surface area (Å²) in [6.45, 7) is 1.59. The third-order valence-corrected chi connectivity index (χ3v) is 5.22. The van der Waals surface area contributed by atoms with Gasteiger partial charge in [-0.15, -0.1) is 0 Å². The Morgan fingerprint density at radius 3 is 2.66 bits per heavy atom. The lowest BCUT2D eigenvalue weighted by atomic mass is 9.97. The van der Waals surface area contributed by atoms with E-state index in [4.69, 9.17) is 0 Å². The second-order valence-electron chi connectivity index (χ2n) is 7.45. The highest BCUT2D eigenvalue weighted by Gasteiger charge is 2.27. The average Bonchev–Trinajstić information content (AvgIpc) is 3.15. The highest BCUT2D eigenvalue weighted by Crippen LogP contribution is 2.28. The number of hydrogen-bond acceptors (Lipinski definition) is 5. The molecule has 0 radical (unpaired) electrons. The van der Waals surface area contributed by atoms with Crippen molar-refractivity contribution in [1.29, 1.82) is 0 Å². The lowest BCUT2D eigenvalue weighted by Gasteiger charge is -2.33. The first-order chi connectivity index (χ1) is 14.0. The zero-order valence-electron chi connectivity index (χ0n) is 16.6. The van der Waals surface area contributed by atoms with Gasteiger partial charge in [-0.25, -0.2) is 19.4 Å². The number of carbonyl (C=O) groups excluding carboxylic acids is 1. The molecule has 3 heterocycles. The fraction of sp³-hybridized carbons (Fsp3) is 0.333. The Kier molecular flexibility index (Phi) is 5.16. The number of aromatic amines is 1. The minimum atomic E-state index is -0.229. The molecule has 8 heteroatoms. The van der Waals surface area contributed by atoms with E-state index in [-0.39, 0.29) is 17.5 Å². The molecule has 1 saturated heterocycles. The van der Waals surface area contributed by atoms with Gasteiger partial charge in [-0.1, -0.05) is 18.2 Å². The molecule has 1 aromatic carbocycles. The van der Waals surface area contributed by atoms with E-state index in [9.17, 15) is 9.59 Å². The molecule has 1 N–H and O–H groups in total. The standard InChI is InChI=1S/C21H24N6O2/c1-25(2)20(28)15-10-11-18(22-13-15)26-12-6-7-16(14-26)19-23-24-21(29)27(19)17-8-4-3-5-9-17/h3-5,8-11,13,16H,6-7,12,14H2,1-2H3,(H,24,29)/t16-/m0/s1. The van der Waals surface area contributed by atoms with Gasteiger partial charge in [0.05, 0.1) is 11.3 Å². The molecule has 1 atom stereocenters. The summed E-state index contributed by atoms with van der Waals surface area (Å²) in [4.78, 5) is 32.7. The van der Waals surface area contributed by atoms with Crippen molar-refractivity contribution < 1.29 is 4.79 Å². The zero-order valence-corrected chi connectivity index (χ0v) is 16.6. The number of piperidine rings is 1. The number of hydrogen-bond donors (Lipinski definition) is 1. The number of rotatable bonds is 4. The van der Waals surface area contributed by atoms with Gasteiger partial charge in [-0.3, -0.25) is 4.79 Å². The van der Waals surface area contributed by atoms with Crippen LogP contribution in [0.1, 0.15) is 34.9 Å². The summed E-state index contributed by atoms with van der Waals surface area (Å²) in [6.07, 6.45) is 3.54. The summed E-state index contributed by atoms with van der Waals surface area (Å²) >= 11 is 0. The summed E-state index contributed by atoms with van der Waals surface area (Å²) < 4.78 is 1.65. The Morgan fingerprint density at radius 1 is 1.17 bits per heavy atom. The molecular weight excluding hydrogens is 368 g/mol. The van der Waals surface area contributed by atoms with Crippen molar-refractivity contribution in [2.75, 3.05) is 32.1 Å². The molecule has 8 nitrogen and oxygen atoms in total. The highest BCUT2D eigenvalue weighted by molar-refractivity contribution is 5.93. The van der Waals surface area contributed by atoms with Gasteiger partial charge in [0, 0.05) is 39.3 Å². The highest BCUT2D eigenvalue weighted by atomic mass is 16.2. The topological polar surface area (TPSA) is 87.1 Å². The van der Waals surface area contributed by atoms with E-state index in [0.717, 1.165) is 36.7 Å². The number of para-hydroxylation sites is 1. The van der Waals surface area contributed by atoms with Crippen LogP contribution in [0.5, 0.6) is 0 Å². The monoisotopic (exact) mass is 392 g/mol. The maximum absolute atomic E-state index is 12.4. The van der Waals surface area contributed by atoms with Crippen molar-refractivity contribution in [3.05, 3.63) is 70.5 Å². The molecule has 150 valence electrons. The maximum atomic E-state index is 12.4. The van der Waals surface area contributed by atoms with Gasteiger partial charge in [0.1, 0.15) is 11.6 Å². The number of aromatic nitrogens is 4. The van der Waals surface area contributed by atoms with Gasteiger partial charge in [-0.2, -0.15) is 5.10 Å². The molecule has 0 aliphatic carbocycles. The van der Waals surface area contributed by atoms with Gasteiger partial charge in [0.2, 0.25) is 0 Å². The fourth-order valence-corrected chi connectivity index (χ4v) is 3.76. The predicted octanol–water partition coefficient (Wildman–Crippen LogP) is 2.04. The third kappa shape index (κ3) is 3.78. The van der Waals surface area contributed by atoms with E-state index in [1.54, 1.807) is 24.9 Å². The Morgan fingerprint density at radius 2 is 1.97 bits per heavy atom. The number of pyridine rings is 1. The van der Waals surface area contributed by atoms with E-state index in [0.29, 0.717) is 12.1 Å². The quantitative estimate of drug-likeness (QED) is 0.734. The summed E-state index contributed by atoms with van der Waals surface area (Å²) in [7, 11) is 3.45. The minimum Gasteiger partial charge on any atom is -0.356 e. The molecule has 29 heavy (non-hydrogen) atoms. The molecule has 0 saturated carbocycles. The molecule has 0 unspecified atom stereocenters. The predicted molar refractivity (Wildman–Crippen MR) is 111 cm³/mol. The lowest BCUT2D eigenvalue weighted by molar-refractivity contribution is 0.0827. The number of nitrogens with one attached hydrogen (secondary N) is 1. The van der Waals surface area contributed by atoms with Gasteiger partial charge in [0.15, 0.2) is 0 Å². The molecule has 1 aliphatic heterocycles. The number of benzene rings is 1. The average molecular weight is 392 g/mol. The first-order valence-electron chi connectivity index (χ1n) is 9.70. The zero-order chi connectivity index (χ0) is 20.4. The SMILES string of the molecule is CN(C)C(=O)c1ccc(N2CCC[C@H](c3n[nH]c(=O)n3-c3ccccc3)C2)nc1. The largest absolute Gasteiger partial charge is 0.356 e. The van der Waals surface area contributed by atoms with Crippen LogP contribution < -0.4 is 10.6 Å². The van der Waals surface area contributed by atoms with Crippen molar-refractivity contribution in [3.63, 3.8) is 0 Å². The van der Waals surface area contributed by atoms with E-state index >= 15 is 0 Å². The summed E-state index contributed by atoms with van der Waals surface area (Å²) in [5.74, 6) is 1.61. The first kappa shape index (κ1) is 18.9.